The van der Waals surface area contributed by atoms with Crippen LogP contribution >= 0.6 is 0 Å². The quantitative estimate of drug-likeness (QED) is 0.335. The molecule has 0 heterocycles. The second-order valence-corrected chi connectivity index (χ2v) is 5.34. The molecular weight excluding hydrogens is 284 g/mol. The molecule has 0 N–H and O–H groups in total. The summed E-state index contributed by atoms with van der Waals surface area (Å²) >= 11 is 0. The number of esters is 1. The molecule has 1 aliphatic rings. The molecule has 1 aromatic carbocycles. The summed E-state index contributed by atoms with van der Waals surface area (Å²) in [7, 11) is 1.29. The smallest absolute Gasteiger partial charge is 0.330 e. The highest BCUT2D eigenvalue weighted by atomic mass is 16.6. The summed E-state index contributed by atoms with van der Waals surface area (Å²) in [5.74, 6) is 0.161. The van der Waals surface area contributed by atoms with Crippen molar-refractivity contribution in [1.82, 2.24) is 0 Å². The lowest BCUT2D eigenvalue weighted by molar-refractivity contribution is -0.384. The van der Waals surface area contributed by atoms with Crippen molar-refractivity contribution in [3.05, 3.63) is 40.0 Å². The van der Waals surface area contributed by atoms with Crippen molar-refractivity contribution in [3.8, 4) is 0 Å². The van der Waals surface area contributed by atoms with Crippen LogP contribution in [0.5, 0.6) is 0 Å². The predicted molar refractivity (Wildman–Crippen MR) is 84.8 cm³/mol. The molecule has 0 amide bonds. The van der Waals surface area contributed by atoms with Crippen LogP contribution in [0.1, 0.15) is 25.3 Å². The maximum absolute atomic E-state index is 11.4. The van der Waals surface area contributed by atoms with Crippen molar-refractivity contribution < 1.29 is 14.5 Å². The minimum Gasteiger partial charge on any atom is -0.466 e. The molecule has 1 aliphatic carbocycles. The minimum atomic E-state index is -0.490. The second-order valence-electron chi connectivity index (χ2n) is 5.34. The van der Waals surface area contributed by atoms with Crippen molar-refractivity contribution in [2.24, 2.45) is 5.92 Å². The van der Waals surface area contributed by atoms with Crippen LogP contribution in [0.4, 0.5) is 11.4 Å². The van der Waals surface area contributed by atoms with Gasteiger partial charge in [0.25, 0.3) is 5.69 Å². The zero-order valence-electron chi connectivity index (χ0n) is 12.8. The van der Waals surface area contributed by atoms with Gasteiger partial charge in [-0.2, -0.15) is 0 Å². The highest BCUT2D eigenvalue weighted by Gasteiger charge is 2.27. The summed E-state index contributed by atoms with van der Waals surface area (Å²) in [6.07, 6.45) is 5.16. The molecule has 0 unspecified atom stereocenters. The highest BCUT2D eigenvalue weighted by molar-refractivity contribution is 5.87. The van der Waals surface area contributed by atoms with Crippen LogP contribution in [0.15, 0.2) is 24.3 Å². The Balaban J connectivity index is 2.27. The number of nitrogens with zero attached hydrogens (tertiary/aromatic N) is 2. The Hall–Kier alpha value is -2.37. The number of benzene rings is 1. The van der Waals surface area contributed by atoms with Gasteiger partial charge in [-0.3, -0.25) is 10.1 Å². The van der Waals surface area contributed by atoms with E-state index in [0.717, 1.165) is 13.1 Å². The molecule has 1 aromatic rings. The van der Waals surface area contributed by atoms with Gasteiger partial charge in [0.15, 0.2) is 0 Å². The number of methoxy groups -OCH3 is 1. The molecule has 0 aromatic heterocycles. The average Bonchev–Trinajstić information content (AvgIpc) is 3.34. The molecule has 0 spiro atoms. The number of hydrogen-bond acceptors (Lipinski definition) is 5. The topological polar surface area (TPSA) is 72.7 Å². The largest absolute Gasteiger partial charge is 0.466 e. The highest BCUT2D eigenvalue weighted by Crippen LogP contribution is 2.35. The molecule has 0 bridgehead atoms. The summed E-state index contributed by atoms with van der Waals surface area (Å²) in [5, 5.41) is 11.4. The molecule has 0 radical (unpaired) electrons. The standard InChI is InChI=1S/C16H20N2O4/c1-3-17(11-13-4-5-13)14-8-6-12(7-9-16(19)22-2)10-15(14)18(20)21/h6-10,13H,3-5,11H2,1-2H3/b9-7+. The van der Waals surface area contributed by atoms with Crippen LogP contribution in [-0.2, 0) is 9.53 Å². The van der Waals surface area contributed by atoms with E-state index in [2.05, 4.69) is 4.74 Å². The van der Waals surface area contributed by atoms with Gasteiger partial charge in [-0.15, -0.1) is 0 Å². The number of rotatable bonds is 7. The lowest BCUT2D eigenvalue weighted by atomic mass is 10.1. The summed E-state index contributed by atoms with van der Waals surface area (Å²) in [4.78, 5) is 24.1. The molecule has 0 atom stereocenters. The number of carbonyl (C=O) groups excluding carboxylic acids is 1. The van der Waals surface area contributed by atoms with Crippen LogP contribution in [-0.4, -0.2) is 31.1 Å². The van der Waals surface area contributed by atoms with Gasteiger partial charge in [0.1, 0.15) is 5.69 Å². The Morgan fingerprint density at radius 3 is 2.77 bits per heavy atom. The Bertz CT molecular complexity index is 594. The molecular formula is C16H20N2O4. The number of nitro benzene ring substituents is 1. The number of hydrogen-bond donors (Lipinski definition) is 0. The predicted octanol–water partition coefficient (Wildman–Crippen LogP) is 3.02. The van der Waals surface area contributed by atoms with Crippen LogP contribution in [0.2, 0.25) is 0 Å². The van der Waals surface area contributed by atoms with E-state index in [-0.39, 0.29) is 10.6 Å². The molecule has 6 nitrogen and oxygen atoms in total. The Labute approximate surface area is 129 Å². The first kappa shape index (κ1) is 16.0. The first-order valence-corrected chi connectivity index (χ1v) is 7.34. The second kappa shape index (κ2) is 7.06. The van der Waals surface area contributed by atoms with Crippen LogP contribution in [0, 0.1) is 16.0 Å². The maximum Gasteiger partial charge on any atom is 0.330 e. The molecule has 1 saturated carbocycles. The third-order valence-corrected chi connectivity index (χ3v) is 3.71. The van der Waals surface area contributed by atoms with Gasteiger partial charge in [-0.1, -0.05) is 6.07 Å². The monoisotopic (exact) mass is 304 g/mol. The van der Waals surface area contributed by atoms with Crippen molar-refractivity contribution in [2.75, 3.05) is 25.1 Å². The third kappa shape index (κ3) is 4.07. The fourth-order valence-electron chi connectivity index (χ4n) is 2.30. The van der Waals surface area contributed by atoms with Gasteiger partial charge in [0.2, 0.25) is 0 Å². The molecule has 1 fully saturated rings. The van der Waals surface area contributed by atoms with Crippen LogP contribution in [0.3, 0.4) is 0 Å². The van der Waals surface area contributed by atoms with Gasteiger partial charge in [-0.25, -0.2) is 4.79 Å². The zero-order chi connectivity index (χ0) is 16.1. The summed E-state index contributed by atoms with van der Waals surface area (Å²) in [6.45, 7) is 3.58. The fourth-order valence-corrected chi connectivity index (χ4v) is 2.30. The lowest BCUT2D eigenvalue weighted by Gasteiger charge is -2.22. The van der Waals surface area contributed by atoms with Crippen LogP contribution < -0.4 is 4.90 Å². The van der Waals surface area contributed by atoms with Crippen molar-refractivity contribution in [1.29, 1.82) is 0 Å². The van der Waals surface area contributed by atoms with Gasteiger partial charge in [-0.05, 0) is 43.4 Å². The fraction of sp³-hybridized carbons (Fsp3) is 0.438. The Morgan fingerprint density at radius 2 is 2.23 bits per heavy atom. The summed E-state index contributed by atoms with van der Waals surface area (Å²) < 4.78 is 4.51. The SMILES string of the molecule is CCN(CC1CC1)c1ccc(/C=C/C(=O)OC)cc1[N+](=O)[O-]. The Kier molecular flexibility index (Phi) is 5.14. The van der Waals surface area contributed by atoms with Crippen molar-refractivity contribution in [2.45, 2.75) is 19.8 Å². The first-order valence-electron chi connectivity index (χ1n) is 7.34. The summed E-state index contributed by atoms with van der Waals surface area (Å²) in [6, 6.07) is 5.02. The van der Waals surface area contributed by atoms with Crippen molar-refractivity contribution >= 4 is 23.4 Å². The van der Waals surface area contributed by atoms with E-state index in [4.69, 9.17) is 0 Å². The zero-order valence-corrected chi connectivity index (χ0v) is 12.8. The lowest BCUT2D eigenvalue weighted by Crippen LogP contribution is -2.26. The van der Waals surface area contributed by atoms with E-state index in [1.807, 2.05) is 11.8 Å². The molecule has 2 rings (SSSR count). The number of ether oxygens (including phenoxy) is 1. The van der Waals surface area contributed by atoms with Crippen molar-refractivity contribution in [3.63, 3.8) is 0 Å². The van der Waals surface area contributed by atoms with E-state index >= 15 is 0 Å². The van der Waals surface area contributed by atoms with Crippen LogP contribution in [0.25, 0.3) is 6.08 Å². The molecule has 0 aliphatic heterocycles. The molecule has 0 saturated heterocycles. The normalized spacial score (nSPS) is 14.1. The molecule has 6 heteroatoms. The molecule has 118 valence electrons. The third-order valence-electron chi connectivity index (χ3n) is 3.71. The van der Waals surface area contributed by atoms with Gasteiger partial charge in [0, 0.05) is 25.2 Å². The van der Waals surface area contributed by atoms with E-state index in [0.29, 0.717) is 17.2 Å². The Morgan fingerprint density at radius 1 is 1.50 bits per heavy atom. The number of nitro groups is 1. The summed E-state index contributed by atoms with van der Waals surface area (Å²) in [5.41, 5.74) is 1.30. The van der Waals surface area contributed by atoms with Gasteiger partial charge in [0.05, 0.1) is 12.0 Å². The van der Waals surface area contributed by atoms with E-state index in [9.17, 15) is 14.9 Å². The van der Waals surface area contributed by atoms with E-state index in [1.165, 1.54) is 38.2 Å². The van der Waals surface area contributed by atoms with E-state index in [1.54, 1.807) is 12.1 Å². The molecule has 22 heavy (non-hydrogen) atoms. The minimum absolute atomic E-state index is 0.0644. The maximum atomic E-state index is 11.4. The van der Waals surface area contributed by atoms with Gasteiger partial charge < -0.3 is 9.64 Å². The number of carbonyl (C=O) groups is 1. The number of anilines is 1. The van der Waals surface area contributed by atoms with E-state index < -0.39 is 5.97 Å². The van der Waals surface area contributed by atoms with Gasteiger partial charge >= 0.3 is 5.97 Å². The first-order chi connectivity index (χ1) is 10.5. The average molecular weight is 304 g/mol.